The molecule has 4 rings (SSSR count). The number of phenols is 2. The number of hydrogen-bond donors (Lipinski definition) is 3. The molecular formula is C24H27N3O5. The van der Waals surface area contributed by atoms with Gasteiger partial charge in [0.2, 0.25) is 11.8 Å². The fourth-order valence-corrected chi connectivity index (χ4v) is 4.35. The molecule has 3 amide bonds. The molecule has 3 N–H and O–H groups in total. The second-order valence-corrected chi connectivity index (χ2v) is 8.47. The zero-order valence-electron chi connectivity index (χ0n) is 17.7. The van der Waals surface area contributed by atoms with E-state index in [1.165, 1.54) is 18.2 Å². The van der Waals surface area contributed by atoms with Crippen LogP contribution in [0.15, 0.2) is 48.5 Å². The van der Waals surface area contributed by atoms with E-state index in [1.54, 1.807) is 9.80 Å². The Labute approximate surface area is 186 Å². The third-order valence-electron chi connectivity index (χ3n) is 6.08. The molecule has 1 atom stereocenters. The van der Waals surface area contributed by atoms with Gasteiger partial charge >= 0.3 is 0 Å². The largest absolute Gasteiger partial charge is 0.508 e. The van der Waals surface area contributed by atoms with Gasteiger partial charge in [-0.3, -0.25) is 14.4 Å². The van der Waals surface area contributed by atoms with Crippen LogP contribution >= 0.6 is 0 Å². The van der Waals surface area contributed by atoms with Crippen LogP contribution in [-0.2, 0) is 16.1 Å². The molecule has 8 heteroatoms. The van der Waals surface area contributed by atoms with Gasteiger partial charge in [-0.2, -0.15) is 0 Å². The van der Waals surface area contributed by atoms with Crippen LogP contribution < -0.4 is 5.32 Å². The molecule has 0 bridgehead atoms. The van der Waals surface area contributed by atoms with Gasteiger partial charge in [0.15, 0.2) is 0 Å². The molecule has 32 heavy (non-hydrogen) atoms. The molecule has 2 fully saturated rings. The summed E-state index contributed by atoms with van der Waals surface area (Å²) < 4.78 is 0. The molecule has 168 valence electrons. The zero-order valence-corrected chi connectivity index (χ0v) is 17.7. The van der Waals surface area contributed by atoms with E-state index in [1.807, 2.05) is 30.3 Å². The van der Waals surface area contributed by atoms with Crippen LogP contribution in [0.3, 0.4) is 0 Å². The van der Waals surface area contributed by atoms with Gasteiger partial charge in [0.1, 0.15) is 11.5 Å². The first-order chi connectivity index (χ1) is 15.4. The number of likely N-dealkylation sites (tertiary alicyclic amines) is 2. The normalized spacial score (nSPS) is 19.2. The number of phenolic OH excluding ortho intramolecular Hbond substituents is 2. The summed E-state index contributed by atoms with van der Waals surface area (Å²) >= 11 is 0. The van der Waals surface area contributed by atoms with E-state index in [0.717, 1.165) is 5.56 Å². The maximum atomic E-state index is 12.7. The van der Waals surface area contributed by atoms with Crippen molar-refractivity contribution in [2.45, 2.75) is 31.8 Å². The van der Waals surface area contributed by atoms with Crippen molar-refractivity contribution in [2.75, 3.05) is 19.6 Å². The molecule has 2 aromatic carbocycles. The number of hydrogen-bond acceptors (Lipinski definition) is 5. The highest BCUT2D eigenvalue weighted by Gasteiger charge is 2.35. The van der Waals surface area contributed by atoms with Crippen LogP contribution in [0, 0.1) is 5.92 Å². The fraction of sp³-hybridized carbons (Fsp3) is 0.375. The Morgan fingerprint density at radius 3 is 2.31 bits per heavy atom. The van der Waals surface area contributed by atoms with Crippen LogP contribution in [0.1, 0.15) is 35.2 Å². The number of nitrogens with zero attached hydrogens (tertiary/aromatic N) is 2. The molecule has 0 saturated carbocycles. The Hall–Kier alpha value is -3.55. The Morgan fingerprint density at radius 2 is 1.66 bits per heavy atom. The second kappa shape index (κ2) is 9.30. The monoisotopic (exact) mass is 437 g/mol. The van der Waals surface area contributed by atoms with Crippen molar-refractivity contribution < 1.29 is 24.6 Å². The molecular weight excluding hydrogens is 410 g/mol. The van der Waals surface area contributed by atoms with Crippen molar-refractivity contribution in [3.8, 4) is 11.5 Å². The van der Waals surface area contributed by atoms with Gasteiger partial charge < -0.3 is 25.3 Å². The van der Waals surface area contributed by atoms with E-state index >= 15 is 0 Å². The van der Waals surface area contributed by atoms with Gasteiger partial charge in [-0.1, -0.05) is 30.3 Å². The van der Waals surface area contributed by atoms with E-state index in [2.05, 4.69) is 5.32 Å². The minimum atomic E-state index is -0.360. The number of amides is 3. The van der Waals surface area contributed by atoms with E-state index in [4.69, 9.17) is 0 Å². The predicted molar refractivity (Wildman–Crippen MR) is 117 cm³/mol. The fourth-order valence-electron chi connectivity index (χ4n) is 4.35. The zero-order chi connectivity index (χ0) is 22.7. The van der Waals surface area contributed by atoms with Crippen LogP contribution in [-0.4, -0.2) is 63.4 Å². The molecule has 2 aromatic rings. The Balaban J connectivity index is 1.26. The van der Waals surface area contributed by atoms with Crippen LogP contribution in [0.2, 0.25) is 0 Å². The third-order valence-corrected chi connectivity index (χ3v) is 6.08. The lowest BCUT2D eigenvalue weighted by Crippen LogP contribution is -2.48. The van der Waals surface area contributed by atoms with Crippen LogP contribution in [0.5, 0.6) is 11.5 Å². The van der Waals surface area contributed by atoms with Gasteiger partial charge in [0, 0.05) is 50.3 Å². The summed E-state index contributed by atoms with van der Waals surface area (Å²) in [5, 5.41) is 22.2. The standard InChI is InChI=1S/C24H27N3O5/c28-20-10-17(11-21(29)13-20)24(32)26-8-6-19(7-9-26)25-23(31)18-12-22(30)27(15-18)14-16-4-2-1-3-5-16/h1-5,10-11,13,18-19,28-29H,6-9,12,14-15H2,(H,25,31). The Kier molecular flexibility index (Phi) is 6.30. The van der Waals surface area contributed by atoms with Gasteiger partial charge in [-0.25, -0.2) is 0 Å². The van der Waals surface area contributed by atoms with Gasteiger partial charge in [-0.05, 0) is 30.5 Å². The summed E-state index contributed by atoms with van der Waals surface area (Å²) in [5.74, 6) is -1.08. The number of piperidine rings is 1. The number of benzene rings is 2. The first kappa shape index (κ1) is 21.7. The van der Waals surface area contributed by atoms with Crippen LogP contribution in [0.25, 0.3) is 0 Å². The molecule has 2 saturated heterocycles. The van der Waals surface area contributed by atoms with Crippen LogP contribution in [0.4, 0.5) is 0 Å². The summed E-state index contributed by atoms with van der Waals surface area (Å²) in [6.45, 7) is 1.85. The minimum absolute atomic E-state index is 0.0104. The highest BCUT2D eigenvalue weighted by molar-refractivity contribution is 5.95. The lowest BCUT2D eigenvalue weighted by Gasteiger charge is -2.33. The van der Waals surface area contributed by atoms with Gasteiger partial charge in [0.05, 0.1) is 5.92 Å². The summed E-state index contributed by atoms with van der Waals surface area (Å²) in [6.07, 6.45) is 1.43. The molecule has 2 heterocycles. The minimum Gasteiger partial charge on any atom is -0.508 e. The van der Waals surface area contributed by atoms with E-state index in [9.17, 15) is 24.6 Å². The Morgan fingerprint density at radius 1 is 1.00 bits per heavy atom. The van der Waals surface area contributed by atoms with Crippen molar-refractivity contribution in [1.82, 2.24) is 15.1 Å². The number of carbonyl (C=O) groups excluding carboxylic acids is 3. The van der Waals surface area contributed by atoms with E-state index in [0.29, 0.717) is 39.0 Å². The van der Waals surface area contributed by atoms with Gasteiger partial charge in [0.25, 0.3) is 5.91 Å². The summed E-state index contributed by atoms with van der Waals surface area (Å²) in [5.41, 5.74) is 1.27. The third kappa shape index (κ3) is 5.01. The summed E-state index contributed by atoms with van der Waals surface area (Å²) in [7, 11) is 0. The van der Waals surface area contributed by atoms with Gasteiger partial charge in [-0.15, -0.1) is 0 Å². The van der Waals surface area contributed by atoms with Crippen molar-refractivity contribution >= 4 is 17.7 Å². The highest BCUT2D eigenvalue weighted by atomic mass is 16.3. The lowest BCUT2D eigenvalue weighted by molar-refractivity contribution is -0.129. The van der Waals surface area contributed by atoms with E-state index in [-0.39, 0.29) is 53.2 Å². The van der Waals surface area contributed by atoms with Crippen molar-refractivity contribution in [3.05, 3.63) is 59.7 Å². The molecule has 8 nitrogen and oxygen atoms in total. The SMILES string of the molecule is O=C(NC1CCN(C(=O)c2cc(O)cc(O)c2)CC1)C1CC(=O)N(Cc2ccccc2)C1. The quantitative estimate of drug-likeness (QED) is 0.662. The second-order valence-electron chi connectivity index (χ2n) is 8.47. The first-order valence-electron chi connectivity index (χ1n) is 10.8. The number of aromatic hydroxyl groups is 2. The molecule has 1 unspecified atom stereocenters. The average Bonchev–Trinajstić information content (AvgIpc) is 3.14. The topological polar surface area (TPSA) is 110 Å². The van der Waals surface area contributed by atoms with E-state index < -0.39 is 0 Å². The average molecular weight is 437 g/mol. The molecule has 0 aromatic heterocycles. The van der Waals surface area contributed by atoms with Crippen molar-refractivity contribution in [2.24, 2.45) is 5.92 Å². The molecule has 2 aliphatic rings. The molecule has 0 spiro atoms. The Bertz CT molecular complexity index is 982. The maximum Gasteiger partial charge on any atom is 0.254 e. The van der Waals surface area contributed by atoms with Crippen molar-refractivity contribution in [1.29, 1.82) is 0 Å². The predicted octanol–water partition coefficient (Wildman–Crippen LogP) is 1.87. The summed E-state index contributed by atoms with van der Waals surface area (Å²) in [4.78, 5) is 41.1. The lowest BCUT2D eigenvalue weighted by atomic mass is 10.0. The maximum absolute atomic E-state index is 12.7. The summed E-state index contributed by atoms with van der Waals surface area (Å²) in [6, 6.07) is 13.5. The first-order valence-corrected chi connectivity index (χ1v) is 10.8. The molecule has 0 aliphatic carbocycles. The number of rotatable bonds is 5. The number of carbonyl (C=O) groups is 3. The smallest absolute Gasteiger partial charge is 0.254 e. The number of nitrogens with one attached hydrogen (secondary N) is 1. The molecule has 2 aliphatic heterocycles. The van der Waals surface area contributed by atoms with Crippen molar-refractivity contribution in [3.63, 3.8) is 0 Å². The molecule has 0 radical (unpaired) electrons. The highest BCUT2D eigenvalue weighted by Crippen LogP contribution is 2.24.